The molecule has 6 heteroatoms. The van der Waals surface area contributed by atoms with E-state index >= 15 is 0 Å². The molecule has 0 radical (unpaired) electrons. The molecule has 3 N–H and O–H groups in total. The van der Waals surface area contributed by atoms with Crippen molar-refractivity contribution >= 4 is 11.9 Å². The van der Waals surface area contributed by atoms with Crippen LogP contribution in [0.3, 0.4) is 0 Å². The van der Waals surface area contributed by atoms with Crippen molar-refractivity contribution in [2.45, 2.75) is 32.6 Å². The van der Waals surface area contributed by atoms with Gasteiger partial charge >= 0.3 is 5.97 Å². The number of hydrogen-bond acceptors (Lipinski definition) is 4. The summed E-state index contributed by atoms with van der Waals surface area (Å²) in [4.78, 5) is 24.0. The Kier molecular flexibility index (Phi) is 4.65. The van der Waals surface area contributed by atoms with E-state index in [1.54, 1.807) is 0 Å². The first-order valence-corrected chi connectivity index (χ1v) is 7.35. The number of hydrogen-bond donors (Lipinski definition) is 3. The lowest BCUT2D eigenvalue weighted by atomic mass is 9.79. The summed E-state index contributed by atoms with van der Waals surface area (Å²) in [5.74, 6) is -0.853. The molecule has 20 heavy (non-hydrogen) atoms. The van der Waals surface area contributed by atoms with Crippen molar-refractivity contribution < 1.29 is 19.4 Å². The Morgan fingerprint density at radius 2 is 1.95 bits per heavy atom. The lowest BCUT2D eigenvalue weighted by molar-refractivity contribution is -0.155. The molecule has 1 atom stereocenters. The number of rotatable bonds is 5. The average Bonchev–Trinajstić information content (AvgIpc) is 2.95. The van der Waals surface area contributed by atoms with E-state index in [4.69, 9.17) is 4.74 Å². The van der Waals surface area contributed by atoms with Crippen molar-refractivity contribution in [2.24, 2.45) is 10.8 Å². The number of ether oxygens (including phenoxy) is 1. The largest absolute Gasteiger partial charge is 0.481 e. The predicted octanol–water partition coefficient (Wildman–Crippen LogP) is 0.374. The topological polar surface area (TPSA) is 87.7 Å². The van der Waals surface area contributed by atoms with E-state index in [0.717, 1.165) is 19.4 Å². The van der Waals surface area contributed by atoms with Crippen molar-refractivity contribution in [1.82, 2.24) is 10.6 Å². The van der Waals surface area contributed by atoms with E-state index in [0.29, 0.717) is 32.6 Å². The highest BCUT2D eigenvalue weighted by atomic mass is 16.5. The first kappa shape index (κ1) is 15.3. The van der Waals surface area contributed by atoms with E-state index in [1.807, 2.05) is 6.92 Å². The van der Waals surface area contributed by atoms with Gasteiger partial charge < -0.3 is 20.5 Å². The number of carboxylic acids is 1. The minimum absolute atomic E-state index is 0.0166. The average molecular weight is 284 g/mol. The van der Waals surface area contributed by atoms with Gasteiger partial charge in [-0.25, -0.2) is 0 Å². The Balaban J connectivity index is 1.98. The van der Waals surface area contributed by atoms with Crippen molar-refractivity contribution in [3.63, 3.8) is 0 Å². The molecule has 2 aliphatic heterocycles. The molecule has 0 aromatic carbocycles. The Hall–Kier alpha value is -1.14. The molecule has 0 aromatic rings. The molecule has 2 rings (SSSR count). The third-order valence-corrected chi connectivity index (χ3v) is 4.89. The van der Waals surface area contributed by atoms with Crippen LogP contribution in [0, 0.1) is 10.8 Å². The predicted molar refractivity (Wildman–Crippen MR) is 73.3 cm³/mol. The molecular weight excluding hydrogens is 260 g/mol. The van der Waals surface area contributed by atoms with Crippen LogP contribution in [0.25, 0.3) is 0 Å². The monoisotopic (exact) mass is 284 g/mol. The van der Waals surface area contributed by atoms with Gasteiger partial charge in [-0.05, 0) is 32.2 Å². The van der Waals surface area contributed by atoms with Gasteiger partial charge in [-0.1, -0.05) is 6.92 Å². The molecular formula is C14H24N2O4. The van der Waals surface area contributed by atoms with Gasteiger partial charge in [0.25, 0.3) is 0 Å². The third-order valence-electron chi connectivity index (χ3n) is 4.89. The van der Waals surface area contributed by atoms with E-state index in [-0.39, 0.29) is 17.9 Å². The summed E-state index contributed by atoms with van der Waals surface area (Å²) in [6.45, 7) is 4.63. The summed E-state index contributed by atoms with van der Waals surface area (Å²) >= 11 is 0. The van der Waals surface area contributed by atoms with Gasteiger partial charge in [0.05, 0.1) is 10.8 Å². The van der Waals surface area contributed by atoms with Gasteiger partial charge in [0.15, 0.2) is 0 Å². The second-order valence-electron chi connectivity index (χ2n) is 5.94. The molecule has 2 saturated heterocycles. The van der Waals surface area contributed by atoms with Crippen LogP contribution in [0.2, 0.25) is 0 Å². The first-order chi connectivity index (χ1) is 9.55. The highest BCUT2D eigenvalue weighted by Gasteiger charge is 2.44. The number of carboxylic acid groups (broad SMARTS) is 1. The molecule has 0 aromatic heterocycles. The lowest BCUT2D eigenvalue weighted by Crippen LogP contribution is -2.50. The van der Waals surface area contributed by atoms with Crippen LogP contribution >= 0.6 is 0 Å². The van der Waals surface area contributed by atoms with Crippen LogP contribution in [-0.4, -0.2) is 49.8 Å². The fourth-order valence-electron chi connectivity index (χ4n) is 3.07. The van der Waals surface area contributed by atoms with Crippen LogP contribution in [0.5, 0.6) is 0 Å². The van der Waals surface area contributed by atoms with Crippen LogP contribution in [-0.2, 0) is 14.3 Å². The Morgan fingerprint density at radius 1 is 1.25 bits per heavy atom. The number of amides is 1. The van der Waals surface area contributed by atoms with E-state index in [2.05, 4.69) is 10.6 Å². The van der Waals surface area contributed by atoms with Gasteiger partial charge in [-0.2, -0.15) is 0 Å². The van der Waals surface area contributed by atoms with Gasteiger partial charge in [0.2, 0.25) is 5.91 Å². The van der Waals surface area contributed by atoms with Gasteiger partial charge in [-0.15, -0.1) is 0 Å². The number of carbonyl (C=O) groups excluding carboxylic acids is 1. The maximum absolute atomic E-state index is 12.4. The van der Waals surface area contributed by atoms with Crippen LogP contribution in [0.15, 0.2) is 0 Å². The maximum Gasteiger partial charge on any atom is 0.311 e. The minimum Gasteiger partial charge on any atom is -0.481 e. The van der Waals surface area contributed by atoms with Crippen molar-refractivity contribution in [3.8, 4) is 0 Å². The first-order valence-electron chi connectivity index (χ1n) is 7.35. The molecule has 2 fully saturated rings. The van der Waals surface area contributed by atoms with E-state index in [9.17, 15) is 14.7 Å². The minimum atomic E-state index is -0.866. The second-order valence-corrected chi connectivity index (χ2v) is 5.94. The van der Waals surface area contributed by atoms with Gasteiger partial charge in [0, 0.05) is 26.3 Å². The fraction of sp³-hybridized carbons (Fsp3) is 0.857. The summed E-state index contributed by atoms with van der Waals surface area (Å²) < 4.78 is 5.24. The third kappa shape index (κ3) is 2.81. The molecule has 0 saturated carbocycles. The maximum atomic E-state index is 12.4. The van der Waals surface area contributed by atoms with Crippen molar-refractivity contribution in [1.29, 1.82) is 0 Å². The molecule has 1 unspecified atom stereocenters. The molecule has 0 aliphatic carbocycles. The smallest absolute Gasteiger partial charge is 0.311 e. The van der Waals surface area contributed by atoms with Crippen molar-refractivity contribution in [2.75, 3.05) is 32.8 Å². The van der Waals surface area contributed by atoms with E-state index < -0.39 is 11.4 Å². The number of aliphatic carboxylic acids is 1. The zero-order chi connectivity index (χ0) is 14.6. The lowest BCUT2D eigenvalue weighted by Gasteiger charge is -2.34. The highest BCUT2D eigenvalue weighted by Crippen LogP contribution is 2.32. The summed E-state index contributed by atoms with van der Waals surface area (Å²) in [6.07, 6.45) is 2.51. The number of nitrogens with one attached hydrogen (secondary N) is 2. The Bertz CT molecular complexity index is 371. The van der Waals surface area contributed by atoms with Gasteiger partial charge in [0.1, 0.15) is 0 Å². The summed E-state index contributed by atoms with van der Waals surface area (Å²) in [5.41, 5.74) is -1.24. The van der Waals surface area contributed by atoms with Crippen molar-refractivity contribution in [3.05, 3.63) is 0 Å². The molecule has 0 bridgehead atoms. The highest BCUT2D eigenvalue weighted by molar-refractivity contribution is 5.84. The fourth-order valence-corrected chi connectivity index (χ4v) is 3.07. The normalized spacial score (nSPS) is 29.1. The quantitative estimate of drug-likeness (QED) is 0.679. The molecule has 6 nitrogen and oxygen atoms in total. The molecule has 1 amide bonds. The summed E-state index contributed by atoms with van der Waals surface area (Å²) in [5, 5.41) is 15.6. The summed E-state index contributed by atoms with van der Waals surface area (Å²) in [7, 11) is 0. The molecule has 2 heterocycles. The summed E-state index contributed by atoms with van der Waals surface area (Å²) in [6, 6.07) is 0. The van der Waals surface area contributed by atoms with Crippen LogP contribution in [0.4, 0.5) is 0 Å². The standard InChI is InChI=1S/C14H24N2O4/c1-2-13(3-6-15-9-13)11(17)16-10-14(12(18)19)4-7-20-8-5-14/h15H,2-10H2,1H3,(H,16,17)(H,18,19). The molecule has 0 spiro atoms. The molecule has 114 valence electrons. The number of carbonyl (C=O) groups is 2. The Labute approximate surface area is 119 Å². The van der Waals surface area contributed by atoms with Gasteiger partial charge in [-0.3, -0.25) is 9.59 Å². The van der Waals surface area contributed by atoms with E-state index in [1.165, 1.54) is 0 Å². The zero-order valence-electron chi connectivity index (χ0n) is 12.0. The second kappa shape index (κ2) is 6.10. The Morgan fingerprint density at radius 3 is 2.45 bits per heavy atom. The van der Waals surface area contributed by atoms with Crippen LogP contribution in [0.1, 0.15) is 32.6 Å². The molecule has 2 aliphatic rings. The van der Waals surface area contributed by atoms with Crippen LogP contribution < -0.4 is 10.6 Å². The SMILES string of the molecule is CCC1(C(=O)NCC2(C(=O)O)CCOCC2)CCNC1. The zero-order valence-corrected chi connectivity index (χ0v) is 12.0.